The molecule has 0 radical (unpaired) electrons. The van der Waals surface area contributed by atoms with Gasteiger partial charge < -0.3 is 0 Å². The van der Waals surface area contributed by atoms with Gasteiger partial charge in [0.2, 0.25) is 0 Å². The highest BCUT2D eigenvalue weighted by Crippen LogP contribution is 2.60. The van der Waals surface area contributed by atoms with Gasteiger partial charge in [0.1, 0.15) is 0 Å². The van der Waals surface area contributed by atoms with Crippen LogP contribution < -0.4 is 0 Å². The van der Waals surface area contributed by atoms with E-state index >= 15 is 0 Å². The van der Waals surface area contributed by atoms with Gasteiger partial charge in [0, 0.05) is 5.41 Å². The monoisotopic (exact) mass is 709 g/mol. The molecule has 4 aliphatic carbocycles. The van der Waals surface area contributed by atoms with E-state index in [9.17, 15) is 0 Å². The van der Waals surface area contributed by atoms with Crippen molar-refractivity contribution in [3.8, 4) is 0 Å². The average molecular weight is 709 g/mol. The first-order valence-electron chi connectivity index (χ1n) is 21.5. The van der Waals surface area contributed by atoms with Crippen molar-refractivity contribution in [2.45, 2.75) is 126 Å². The summed E-state index contributed by atoms with van der Waals surface area (Å²) in [6.07, 6.45) is 28.5. The van der Waals surface area contributed by atoms with Gasteiger partial charge in [0.15, 0.2) is 0 Å². The van der Waals surface area contributed by atoms with Gasteiger partial charge in [0.05, 0.1) is 0 Å². The van der Waals surface area contributed by atoms with Gasteiger partial charge in [-0.25, -0.2) is 0 Å². The lowest BCUT2D eigenvalue weighted by Gasteiger charge is -2.56. The molecule has 0 aromatic heterocycles. The van der Waals surface area contributed by atoms with Crippen molar-refractivity contribution in [3.05, 3.63) is 161 Å². The van der Waals surface area contributed by atoms with Crippen molar-refractivity contribution in [2.75, 3.05) is 0 Å². The fraction of sp³-hybridized carbons (Fsp3) is 0.472. The van der Waals surface area contributed by atoms with Crippen LogP contribution >= 0.6 is 0 Å². The maximum absolute atomic E-state index is 2.62. The summed E-state index contributed by atoms with van der Waals surface area (Å²) in [5, 5.41) is 0. The molecule has 0 heterocycles. The number of allylic oxidation sites excluding steroid dienone is 10. The van der Waals surface area contributed by atoms with E-state index in [0.717, 1.165) is 6.42 Å². The predicted molar refractivity (Wildman–Crippen MR) is 235 cm³/mol. The Morgan fingerprint density at radius 1 is 0.774 bits per heavy atom. The minimum atomic E-state index is 0.00328. The van der Waals surface area contributed by atoms with Crippen LogP contribution in [0.25, 0.3) is 5.57 Å². The van der Waals surface area contributed by atoms with Gasteiger partial charge in [-0.1, -0.05) is 214 Å². The summed E-state index contributed by atoms with van der Waals surface area (Å²) >= 11 is 0. The number of hydrogen-bond donors (Lipinski definition) is 0. The molecule has 7 rings (SSSR count). The van der Waals surface area contributed by atoms with Crippen molar-refractivity contribution < 1.29 is 0 Å². The van der Waals surface area contributed by atoms with Crippen LogP contribution in [0.3, 0.4) is 0 Å². The minimum absolute atomic E-state index is 0.00328. The highest BCUT2D eigenvalue weighted by molar-refractivity contribution is 5.69. The molecule has 284 valence electrons. The van der Waals surface area contributed by atoms with Crippen LogP contribution in [0.15, 0.2) is 139 Å². The van der Waals surface area contributed by atoms with Gasteiger partial charge in [-0.2, -0.15) is 0 Å². The van der Waals surface area contributed by atoms with Crippen molar-refractivity contribution >= 4 is 5.57 Å². The lowest BCUT2D eigenvalue weighted by atomic mass is 9.47. The Hall–Kier alpha value is -3.64. The first-order chi connectivity index (χ1) is 25.9. The van der Waals surface area contributed by atoms with Gasteiger partial charge in [-0.15, -0.1) is 0 Å². The smallest absolute Gasteiger partial charge is 0.0299 e. The maximum atomic E-state index is 2.62. The Morgan fingerprint density at radius 3 is 1.92 bits per heavy atom. The fourth-order valence-electron chi connectivity index (χ4n) is 9.62. The summed E-state index contributed by atoms with van der Waals surface area (Å²) < 4.78 is 0. The predicted octanol–water partition coefficient (Wildman–Crippen LogP) is 15.7. The first-order valence-corrected chi connectivity index (χ1v) is 21.5. The van der Waals surface area contributed by atoms with E-state index in [4.69, 9.17) is 0 Å². The molecule has 4 aliphatic rings. The van der Waals surface area contributed by atoms with Crippen molar-refractivity contribution in [1.29, 1.82) is 0 Å². The molecule has 3 unspecified atom stereocenters. The number of benzene rings is 3. The maximum Gasteiger partial charge on any atom is 0.0299 e. The Labute approximate surface area is 326 Å². The van der Waals surface area contributed by atoms with Gasteiger partial charge >= 0.3 is 0 Å². The highest BCUT2D eigenvalue weighted by Gasteiger charge is 2.54. The molecule has 0 heteroatoms. The minimum Gasteiger partial charge on any atom is -0.0848 e. The molecule has 3 aromatic rings. The number of fused-ring (bicyclic) bond motifs is 2. The zero-order chi connectivity index (χ0) is 38.2. The first kappa shape index (κ1) is 42.1. The third-order valence-electron chi connectivity index (χ3n) is 12.3. The van der Waals surface area contributed by atoms with E-state index in [1.54, 1.807) is 5.57 Å². The van der Waals surface area contributed by atoms with Gasteiger partial charge in [-0.3, -0.25) is 0 Å². The molecule has 6 atom stereocenters. The number of aryl methyl sites for hydroxylation is 1. The third-order valence-corrected chi connectivity index (χ3v) is 12.3. The Balaban J connectivity index is 0.00000119. The molecule has 0 N–H and O–H groups in total. The molecule has 0 aliphatic heterocycles. The standard InChI is InChI=1S/C48H58.C3H8.C2H6/c1-6-8-11-19-41(37(5)46(45-24-17-16-18-36(45)4)33-38(7-2)39-27-25-35(3)26-28-39)34-47-40-29-31-44(32-30-40)48(47,42-20-12-9-13-21-42)43-22-14-10-15-23-43;1-3-2;1-2/h9-10,12-18,20-29,31,33,36-37,40-41,44,47H,6-8,11,19,30,32,34H2,1-5H3;3H2,1-2H3;1-2H3/b38-33+,46-45+;;/t36?,37-,40-,41+,44?,47?;;/m0../s1. The summed E-state index contributed by atoms with van der Waals surface area (Å²) in [5.74, 6) is 3.17. The van der Waals surface area contributed by atoms with Crippen molar-refractivity contribution in [1.82, 2.24) is 0 Å². The summed E-state index contributed by atoms with van der Waals surface area (Å²) in [5.41, 5.74) is 10.2. The fourth-order valence-corrected chi connectivity index (χ4v) is 9.62. The molecule has 0 spiro atoms. The third kappa shape index (κ3) is 9.92. The van der Waals surface area contributed by atoms with Crippen LogP contribution in [0.4, 0.5) is 0 Å². The number of hydrogen-bond acceptors (Lipinski definition) is 0. The molecule has 53 heavy (non-hydrogen) atoms. The average Bonchev–Trinajstić information content (AvgIpc) is 3.21. The molecule has 3 aromatic carbocycles. The van der Waals surface area contributed by atoms with Crippen LogP contribution in [-0.2, 0) is 5.41 Å². The van der Waals surface area contributed by atoms with Gasteiger partial charge in [-0.05, 0) is 108 Å². The van der Waals surface area contributed by atoms with Crippen LogP contribution in [0.2, 0.25) is 0 Å². The summed E-state index contributed by atoms with van der Waals surface area (Å²) in [6.45, 7) is 20.1. The SMILES string of the molecule is CC.CCC.CCCCC[C@H](CC1[C@H]2C=CC(CC2)C1(c1ccccc1)c1ccccc1)[C@H](C)C(/C=C(\CC)c1ccc(C)cc1)=C1\C=CC=CC1C. The molecule has 0 nitrogen and oxygen atoms in total. The molecule has 2 bridgehead atoms. The van der Waals surface area contributed by atoms with Crippen LogP contribution in [0, 0.1) is 42.4 Å². The number of rotatable bonds is 13. The largest absolute Gasteiger partial charge is 0.0848 e. The summed E-state index contributed by atoms with van der Waals surface area (Å²) in [6, 6.07) is 32.5. The number of unbranched alkanes of at least 4 members (excludes halogenated alkanes) is 2. The molecule has 1 fully saturated rings. The Morgan fingerprint density at radius 2 is 1.40 bits per heavy atom. The second kappa shape index (κ2) is 21.3. The normalized spacial score (nSPS) is 23.3. The van der Waals surface area contributed by atoms with E-state index in [2.05, 4.69) is 176 Å². The molecular weight excluding hydrogens is 637 g/mol. The molecule has 0 amide bonds. The summed E-state index contributed by atoms with van der Waals surface area (Å²) in [4.78, 5) is 0. The summed E-state index contributed by atoms with van der Waals surface area (Å²) in [7, 11) is 0. The van der Waals surface area contributed by atoms with E-state index in [1.807, 2.05) is 13.8 Å². The molecular formula is C53H72. The molecule has 0 saturated heterocycles. The van der Waals surface area contributed by atoms with E-state index < -0.39 is 0 Å². The van der Waals surface area contributed by atoms with Gasteiger partial charge in [0.25, 0.3) is 0 Å². The topological polar surface area (TPSA) is 0 Å². The van der Waals surface area contributed by atoms with Crippen LogP contribution in [0.1, 0.15) is 135 Å². The van der Waals surface area contributed by atoms with E-state index in [-0.39, 0.29) is 5.41 Å². The zero-order valence-electron chi connectivity index (χ0n) is 35.0. The quantitative estimate of drug-likeness (QED) is 0.122. The lowest BCUT2D eigenvalue weighted by molar-refractivity contribution is 0.0797. The second-order valence-corrected chi connectivity index (χ2v) is 15.8. The second-order valence-electron chi connectivity index (χ2n) is 15.8. The lowest BCUT2D eigenvalue weighted by Crippen LogP contribution is -2.52. The Kier molecular flexibility index (Phi) is 16.9. The van der Waals surface area contributed by atoms with Crippen molar-refractivity contribution in [2.24, 2.45) is 35.5 Å². The van der Waals surface area contributed by atoms with Crippen molar-refractivity contribution in [3.63, 3.8) is 0 Å². The zero-order valence-corrected chi connectivity index (χ0v) is 35.0. The van der Waals surface area contributed by atoms with E-state index in [0.29, 0.717) is 35.5 Å². The van der Waals surface area contributed by atoms with E-state index in [1.165, 1.54) is 84.8 Å². The van der Waals surface area contributed by atoms with Crippen LogP contribution in [-0.4, -0.2) is 0 Å². The van der Waals surface area contributed by atoms with Crippen LogP contribution in [0.5, 0.6) is 0 Å². The highest BCUT2D eigenvalue weighted by atomic mass is 14.6. The Bertz CT molecular complexity index is 1600. The molecule has 1 saturated carbocycles.